The summed E-state index contributed by atoms with van der Waals surface area (Å²) < 4.78 is 11.4. The molecule has 1 atom stereocenters. The topological polar surface area (TPSA) is 133 Å². The van der Waals surface area contributed by atoms with Gasteiger partial charge >= 0.3 is 6.09 Å². The number of amides is 2. The number of ether oxygens (including phenoxy) is 1. The summed E-state index contributed by atoms with van der Waals surface area (Å²) in [6.45, 7) is 3.76. The van der Waals surface area contributed by atoms with E-state index in [2.05, 4.69) is 47.9 Å². The summed E-state index contributed by atoms with van der Waals surface area (Å²) in [5.74, 6) is -0.331. The fourth-order valence-corrected chi connectivity index (χ4v) is 4.76. The summed E-state index contributed by atoms with van der Waals surface area (Å²) in [6, 6.07) is 8.51. The minimum atomic E-state index is -0.876. The first-order valence-electron chi connectivity index (χ1n) is 10.2. The van der Waals surface area contributed by atoms with E-state index in [9.17, 15) is 9.59 Å². The predicted octanol–water partition coefficient (Wildman–Crippen LogP) is 3.06. The number of nitrogens with zero attached hydrogens (tertiary/aromatic N) is 4. The number of hydrogen-bond acceptors (Lipinski definition) is 8. The lowest BCUT2D eigenvalue weighted by molar-refractivity contribution is 0.00483. The van der Waals surface area contributed by atoms with Crippen molar-refractivity contribution in [3.63, 3.8) is 0 Å². The van der Waals surface area contributed by atoms with Crippen LogP contribution >= 0.6 is 27.5 Å². The molecule has 1 aromatic heterocycles. The lowest BCUT2D eigenvalue weighted by atomic mass is 9.82. The van der Waals surface area contributed by atoms with Crippen LogP contribution < -0.4 is 10.7 Å². The molecule has 33 heavy (non-hydrogen) atoms. The van der Waals surface area contributed by atoms with Crippen LogP contribution in [0.1, 0.15) is 41.4 Å². The van der Waals surface area contributed by atoms with Gasteiger partial charge in [-0.05, 0) is 19.1 Å². The molecule has 1 aromatic carbocycles. The van der Waals surface area contributed by atoms with Gasteiger partial charge in [0.1, 0.15) is 5.71 Å². The maximum atomic E-state index is 12.2. The number of hydrogen-bond donors (Lipinski definition) is 2. The van der Waals surface area contributed by atoms with Crippen LogP contribution in [0, 0.1) is 11.3 Å². The van der Waals surface area contributed by atoms with E-state index >= 15 is 0 Å². The van der Waals surface area contributed by atoms with E-state index in [4.69, 9.17) is 26.1 Å². The highest BCUT2D eigenvalue weighted by Crippen LogP contribution is 2.35. The maximum absolute atomic E-state index is 12.2. The van der Waals surface area contributed by atoms with E-state index in [0.717, 1.165) is 5.56 Å². The van der Waals surface area contributed by atoms with Crippen LogP contribution in [0.3, 0.4) is 0 Å². The van der Waals surface area contributed by atoms with Gasteiger partial charge in [0.05, 0.1) is 11.6 Å². The van der Waals surface area contributed by atoms with Gasteiger partial charge in [-0.2, -0.15) is 10.4 Å². The first-order chi connectivity index (χ1) is 15.8. The van der Waals surface area contributed by atoms with Crippen molar-refractivity contribution in [3.05, 3.63) is 50.8 Å². The molecule has 4 rings (SSSR count). The number of carbonyl (C=O) groups is 2. The predicted molar refractivity (Wildman–Crippen MR) is 122 cm³/mol. The smallest absolute Gasteiger partial charge is 0.428 e. The number of nitrogens with one attached hydrogen (secondary N) is 2. The van der Waals surface area contributed by atoms with Gasteiger partial charge in [-0.3, -0.25) is 4.79 Å². The van der Waals surface area contributed by atoms with E-state index in [1.165, 1.54) is 6.07 Å². The Labute approximate surface area is 203 Å². The van der Waals surface area contributed by atoms with Gasteiger partial charge in [0.25, 0.3) is 5.91 Å². The molecule has 12 heteroatoms. The van der Waals surface area contributed by atoms with E-state index in [1.807, 2.05) is 6.92 Å². The lowest BCUT2D eigenvalue weighted by Gasteiger charge is -2.43. The molecule has 172 valence electrons. The Morgan fingerprint density at radius 1 is 1.42 bits per heavy atom. The van der Waals surface area contributed by atoms with Crippen molar-refractivity contribution in [2.75, 3.05) is 19.6 Å². The first kappa shape index (κ1) is 23.2. The summed E-state index contributed by atoms with van der Waals surface area (Å²) in [6.07, 6.45) is 0.469. The molecule has 0 bridgehead atoms. The number of likely N-dealkylation sites (tertiary alicyclic amines) is 1. The van der Waals surface area contributed by atoms with Crippen molar-refractivity contribution in [1.82, 2.24) is 20.8 Å². The molecule has 1 spiro atoms. The van der Waals surface area contributed by atoms with Gasteiger partial charge in [0, 0.05) is 54.6 Å². The molecule has 0 saturated carbocycles. The number of halogens is 2. The van der Waals surface area contributed by atoms with Gasteiger partial charge in [-0.1, -0.05) is 38.8 Å². The molecule has 0 aliphatic carbocycles. The van der Waals surface area contributed by atoms with Crippen LogP contribution in [-0.2, 0) is 4.74 Å². The number of hydrazone groups is 1. The fraction of sp³-hybridized carbons (Fsp3) is 0.381. The number of piperidine rings is 1. The molecule has 2 N–H and O–H groups in total. The Kier molecular flexibility index (Phi) is 6.69. The molecule has 3 heterocycles. The Morgan fingerprint density at radius 2 is 2.18 bits per heavy atom. The second-order valence-corrected chi connectivity index (χ2v) is 9.19. The van der Waals surface area contributed by atoms with Crippen molar-refractivity contribution < 1.29 is 18.8 Å². The minimum Gasteiger partial charge on any atom is -0.435 e. The summed E-state index contributed by atoms with van der Waals surface area (Å²) in [4.78, 5) is 26.5. The third-order valence-corrected chi connectivity index (χ3v) is 6.44. The summed E-state index contributed by atoms with van der Waals surface area (Å²) in [7, 11) is 0. The molecular formula is C21H20BrClN6O4. The second-order valence-electron chi connectivity index (χ2n) is 7.95. The third kappa shape index (κ3) is 5.03. The van der Waals surface area contributed by atoms with Crippen LogP contribution in [0.15, 0.2) is 38.4 Å². The Hall–Kier alpha value is -2.94. The van der Waals surface area contributed by atoms with Crippen molar-refractivity contribution in [2.45, 2.75) is 31.4 Å². The Morgan fingerprint density at radius 3 is 2.82 bits per heavy atom. The number of rotatable bonds is 5. The molecule has 0 radical (unpaired) electrons. The van der Waals surface area contributed by atoms with Crippen LogP contribution in [-0.4, -0.2) is 59.0 Å². The normalized spacial score (nSPS) is 18.6. The highest BCUT2D eigenvalue weighted by Gasteiger charge is 2.46. The van der Waals surface area contributed by atoms with Crippen molar-refractivity contribution >= 4 is 45.2 Å². The molecule has 1 fully saturated rings. The number of nitriles is 1. The summed E-state index contributed by atoms with van der Waals surface area (Å²) in [5.41, 5.74) is 3.40. The molecular weight excluding hydrogens is 516 g/mol. The van der Waals surface area contributed by atoms with Crippen molar-refractivity contribution in [1.29, 1.82) is 5.26 Å². The van der Waals surface area contributed by atoms with Gasteiger partial charge in [-0.25, -0.2) is 10.2 Å². The van der Waals surface area contributed by atoms with E-state index < -0.39 is 11.7 Å². The largest absolute Gasteiger partial charge is 0.435 e. The summed E-state index contributed by atoms with van der Waals surface area (Å²) >= 11 is 9.20. The quantitative estimate of drug-likeness (QED) is 0.601. The SMILES string of the molecule is C[C@@H](CN1CCC2(CC1)OC(=O)NN=C2c1ccc(C#N)cc1Br)NC(=O)c1cc(Cl)no1. The van der Waals surface area contributed by atoms with Gasteiger partial charge in [-0.15, -0.1) is 0 Å². The minimum absolute atomic E-state index is 0.0555. The highest BCUT2D eigenvalue weighted by molar-refractivity contribution is 9.10. The lowest BCUT2D eigenvalue weighted by Crippen LogP contribution is -2.57. The van der Waals surface area contributed by atoms with Crippen LogP contribution in [0.5, 0.6) is 0 Å². The zero-order valence-corrected chi connectivity index (χ0v) is 19.9. The monoisotopic (exact) mass is 534 g/mol. The fourth-order valence-electron chi connectivity index (χ4n) is 4.06. The third-order valence-electron chi connectivity index (χ3n) is 5.61. The number of benzene rings is 1. The Bertz CT molecular complexity index is 1150. The molecule has 2 aliphatic heterocycles. The van der Waals surface area contributed by atoms with Gasteiger partial charge < -0.3 is 19.5 Å². The van der Waals surface area contributed by atoms with Gasteiger partial charge in [0.2, 0.25) is 5.76 Å². The van der Waals surface area contributed by atoms with E-state index in [0.29, 0.717) is 48.2 Å². The summed E-state index contributed by atoms with van der Waals surface area (Å²) in [5, 5.41) is 19.9. The molecule has 0 unspecified atom stereocenters. The standard InChI is InChI=1S/C21H20BrClN6O4/c1-12(25-19(30)16-9-17(23)28-33-16)11-29-6-4-21(5-7-29)18(26-27-20(31)32-21)14-3-2-13(10-24)8-15(14)22/h2-3,8-9,12H,4-7,11H2,1H3,(H,25,30)(H,27,31)/t12-/m0/s1. The molecule has 2 aliphatic rings. The molecule has 2 aromatic rings. The highest BCUT2D eigenvalue weighted by atomic mass is 79.9. The molecule has 2 amide bonds. The van der Waals surface area contributed by atoms with E-state index in [-0.39, 0.29) is 22.9 Å². The maximum Gasteiger partial charge on any atom is 0.428 e. The van der Waals surface area contributed by atoms with Crippen LogP contribution in [0.2, 0.25) is 5.15 Å². The van der Waals surface area contributed by atoms with Crippen molar-refractivity contribution in [2.24, 2.45) is 5.10 Å². The van der Waals surface area contributed by atoms with Crippen LogP contribution in [0.25, 0.3) is 0 Å². The van der Waals surface area contributed by atoms with Crippen molar-refractivity contribution in [3.8, 4) is 6.07 Å². The van der Waals surface area contributed by atoms with Crippen LogP contribution in [0.4, 0.5) is 4.79 Å². The molecule has 10 nitrogen and oxygen atoms in total. The zero-order valence-electron chi connectivity index (χ0n) is 17.6. The van der Waals surface area contributed by atoms with Gasteiger partial charge in [0.15, 0.2) is 10.8 Å². The average molecular weight is 536 g/mol. The number of carbonyl (C=O) groups excluding carboxylic acids is 2. The van der Waals surface area contributed by atoms with E-state index in [1.54, 1.807) is 18.2 Å². The molecule has 1 saturated heterocycles. The zero-order chi connectivity index (χ0) is 23.6. The second kappa shape index (κ2) is 9.51. The average Bonchev–Trinajstić information content (AvgIpc) is 3.22. The Balaban J connectivity index is 1.42. The number of aromatic nitrogens is 1. The first-order valence-corrected chi connectivity index (χ1v) is 11.4.